The molecule has 4 rings (SSSR count). The third kappa shape index (κ3) is 4.68. The number of nitrogens with zero attached hydrogens (tertiary/aromatic N) is 1. The molecule has 0 radical (unpaired) electrons. The lowest BCUT2D eigenvalue weighted by atomic mass is 9.95. The van der Waals surface area contributed by atoms with Gasteiger partial charge in [-0.1, -0.05) is 54.6 Å². The van der Waals surface area contributed by atoms with Crippen LogP contribution in [0.15, 0.2) is 42.5 Å². The first-order valence-electron chi connectivity index (χ1n) is 10.1. The molecule has 2 N–H and O–H groups in total. The van der Waals surface area contributed by atoms with Gasteiger partial charge < -0.3 is 5.32 Å². The monoisotopic (exact) mass is 435 g/mol. The van der Waals surface area contributed by atoms with Crippen molar-refractivity contribution in [2.75, 3.05) is 5.01 Å². The summed E-state index contributed by atoms with van der Waals surface area (Å²) in [5.41, 5.74) is 4.97. The Kier molecular flexibility index (Phi) is 6.28. The Morgan fingerprint density at radius 1 is 1.07 bits per heavy atom. The van der Waals surface area contributed by atoms with Crippen molar-refractivity contribution in [2.45, 2.75) is 56.7 Å². The molecule has 2 atom stereocenters. The minimum atomic E-state index is -0.390. The summed E-state index contributed by atoms with van der Waals surface area (Å²) in [7, 11) is 0. The first-order valence-corrected chi connectivity index (χ1v) is 10.8. The molecule has 0 spiro atoms. The Hall–Kier alpha value is -1.82. The van der Waals surface area contributed by atoms with Crippen molar-refractivity contribution >= 4 is 34.8 Å². The number of hydrogen-bond acceptors (Lipinski definition) is 3. The molecule has 2 aromatic rings. The zero-order valence-electron chi connectivity index (χ0n) is 16.0. The topological polar surface area (TPSA) is 44.4 Å². The van der Waals surface area contributed by atoms with Crippen LogP contribution in [0.1, 0.15) is 50.1 Å². The van der Waals surface area contributed by atoms with Crippen LogP contribution in [0.2, 0.25) is 10.0 Å². The van der Waals surface area contributed by atoms with Gasteiger partial charge >= 0.3 is 0 Å². The van der Waals surface area contributed by atoms with E-state index in [1.807, 2.05) is 11.1 Å². The molecule has 4 nitrogen and oxygen atoms in total. The van der Waals surface area contributed by atoms with Gasteiger partial charge in [0.15, 0.2) is 0 Å². The number of amides is 1. The number of anilines is 1. The van der Waals surface area contributed by atoms with Crippen molar-refractivity contribution in [3.8, 4) is 0 Å². The summed E-state index contributed by atoms with van der Waals surface area (Å²) in [6, 6.07) is 11.3. The third-order valence-electron chi connectivity index (χ3n) is 5.76. The van der Waals surface area contributed by atoms with Crippen LogP contribution in [0, 0.1) is 5.82 Å². The number of benzene rings is 2. The predicted octanol–water partition coefficient (Wildman–Crippen LogP) is 5.41. The Bertz CT molecular complexity index is 871. The van der Waals surface area contributed by atoms with Crippen LogP contribution in [0.3, 0.4) is 0 Å². The van der Waals surface area contributed by atoms with Crippen molar-refractivity contribution in [3.05, 3.63) is 63.9 Å². The van der Waals surface area contributed by atoms with E-state index in [1.165, 1.54) is 18.6 Å². The number of halogens is 3. The molecule has 7 heteroatoms. The molecule has 0 bridgehead atoms. The molecule has 2 aliphatic rings. The van der Waals surface area contributed by atoms with Gasteiger partial charge in [0.05, 0.1) is 16.8 Å². The number of hydrazine groups is 1. The largest absolute Gasteiger partial charge is 0.352 e. The lowest BCUT2D eigenvalue weighted by molar-refractivity contribution is -0.123. The predicted molar refractivity (Wildman–Crippen MR) is 115 cm³/mol. The molecule has 2 unspecified atom stereocenters. The van der Waals surface area contributed by atoms with Gasteiger partial charge in [0, 0.05) is 11.1 Å². The second-order valence-corrected chi connectivity index (χ2v) is 8.64. The number of nitrogens with one attached hydrogen (secondary N) is 2. The second-order valence-electron chi connectivity index (χ2n) is 7.79. The minimum absolute atomic E-state index is 0.00315. The fourth-order valence-corrected chi connectivity index (χ4v) is 4.74. The summed E-state index contributed by atoms with van der Waals surface area (Å²) in [6.45, 7) is 0. The van der Waals surface area contributed by atoms with Gasteiger partial charge in [-0.25, -0.2) is 9.82 Å². The maximum Gasteiger partial charge on any atom is 0.239 e. The number of rotatable bonds is 4. The van der Waals surface area contributed by atoms with Gasteiger partial charge in [0.25, 0.3) is 0 Å². The zero-order valence-corrected chi connectivity index (χ0v) is 17.5. The summed E-state index contributed by atoms with van der Waals surface area (Å²) in [5.74, 6) is -0.293. The first kappa shape index (κ1) is 20.5. The van der Waals surface area contributed by atoms with Crippen molar-refractivity contribution in [2.24, 2.45) is 0 Å². The minimum Gasteiger partial charge on any atom is -0.352 e. The van der Waals surface area contributed by atoms with Crippen molar-refractivity contribution < 1.29 is 9.18 Å². The molecule has 154 valence electrons. The summed E-state index contributed by atoms with van der Waals surface area (Å²) in [6.07, 6.45) is 6.19. The average Bonchev–Trinajstić information content (AvgIpc) is 3.14. The van der Waals surface area contributed by atoms with Crippen LogP contribution >= 0.6 is 23.2 Å². The maximum absolute atomic E-state index is 13.4. The highest BCUT2D eigenvalue weighted by Crippen LogP contribution is 2.38. The third-order valence-corrected chi connectivity index (χ3v) is 6.30. The van der Waals surface area contributed by atoms with Crippen LogP contribution < -0.4 is 15.8 Å². The summed E-state index contributed by atoms with van der Waals surface area (Å²) >= 11 is 12.5. The van der Waals surface area contributed by atoms with E-state index in [9.17, 15) is 9.18 Å². The molecule has 1 saturated carbocycles. The van der Waals surface area contributed by atoms with Gasteiger partial charge in [-0.3, -0.25) is 9.80 Å². The van der Waals surface area contributed by atoms with Gasteiger partial charge in [0.1, 0.15) is 11.9 Å². The standard InChI is InChI=1S/C22H24Cl2FN3O/c23-15-8-11-20(18(24)12-15)28-21(14-6-9-16(25)10-7-14)13-19(27-28)22(29)26-17-4-2-1-3-5-17/h6-12,17,19,21,27H,1-5,13H2,(H,26,29). The highest BCUT2D eigenvalue weighted by molar-refractivity contribution is 6.36. The smallest absolute Gasteiger partial charge is 0.239 e. The first-order chi connectivity index (χ1) is 14.0. The Labute approximate surface area is 180 Å². The van der Waals surface area contributed by atoms with E-state index >= 15 is 0 Å². The molecule has 1 aliphatic heterocycles. The van der Waals surface area contributed by atoms with Gasteiger partial charge in [0.2, 0.25) is 5.91 Å². The highest BCUT2D eigenvalue weighted by Gasteiger charge is 2.38. The quantitative estimate of drug-likeness (QED) is 0.674. The Morgan fingerprint density at radius 2 is 1.79 bits per heavy atom. The van der Waals surface area contributed by atoms with E-state index in [1.54, 1.807) is 24.3 Å². The lowest BCUT2D eigenvalue weighted by Gasteiger charge is -2.28. The molecule has 1 saturated heterocycles. The van der Waals surface area contributed by atoms with Gasteiger partial charge in [-0.05, 0) is 55.2 Å². The Balaban J connectivity index is 1.58. The van der Waals surface area contributed by atoms with Crippen LogP contribution in [0.25, 0.3) is 0 Å². The molecule has 1 aliphatic carbocycles. The molecule has 2 aromatic carbocycles. The van der Waals surface area contributed by atoms with E-state index in [-0.39, 0.29) is 23.8 Å². The number of hydrogen-bond donors (Lipinski definition) is 2. The van der Waals surface area contributed by atoms with Crippen molar-refractivity contribution in [1.82, 2.24) is 10.7 Å². The summed E-state index contributed by atoms with van der Waals surface area (Å²) in [5, 5.41) is 6.13. The number of carbonyl (C=O) groups is 1. The van der Waals surface area contributed by atoms with Crippen molar-refractivity contribution in [3.63, 3.8) is 0 Å². The van der Waals surface area contributed by atoms with E-state index in [0.29, 0.717) is 16.5 Å². The van der Waals surface area contributed by atoms with Gasteiger partial charge in [-0.15, -0.1) is 0 Å². The summed E-state index contributed by atoms with van der Waals surface area (Å²) < 4.78 is 13.4. The summed E-state index contributed by atoms with van der Waals surface area (Å²) in [4.78, 5) is 12.9. The van der Waals surface area contributed by atoms with Crippen LogP contribution in [0.4, 0.5) is 10.1 Å². The van der Waals surface area contributed by atoms with Crippen LogP contribution in [0.5, 0.6) is 0 Å². The van der Waals surface area contributed by atoms with Gasteiger partial charge in [-0.2, -0.15) is 0 Å². The van der Waals surface area contributed by atoms with Crippen molar-refractivity contribution in [1.29, 1.82) is 0 Å². The maximum atomic E-state index is 13.4. The fraction of sp³-hybridized carbons (Fsp3) is 0.409. The fourth-order valence-electron chi connectivity index (χ4n) is 4.24. The number of carbonyl (C=O) groups excluding carboxylic acids is 1. The van der Waals surface area contributed by atoms with Crippen LogP contribution in [-0.4, -0.2) is 18.0 Å². The molecule has 1 amide bonds. The highest BCUT2D eigenvalue weighted by atomic mass is 35.5. The molecular formula is C22H24Cl2FN3O. The van der Waals surface area contributed by atoms with E-state index < -0.39 is 6.04 Å². The molecule has 2 fully saturated rings. The van der Waals surface area contributed by atoms with E-state index in [4.69, 9.17) is 23.2 Å². The van der Waals surface area contributed by atoms with Crippen LogP contribution in [-0.2, 0) is 4.79 Å². The van der Waals surface area contributed by atoms with E-state index in [2.05, 4.69) is 10.7 Å². The molecular weight excluding hydrogens is 412 g/mol. The molecule has 29 heavy (non-hydrogen) atoms. The molecule has 0 aromatic heterocycles. The average molecular weight is 436 g/mol. The van der Waals surface area contributed by atoms with E-state index in [0.717, 1.165) is 36.9 Å². The SMILES string of the molecule is O=C(NC1CCCCC1)C1CC(c2ccc(F)cc2)N(c2ccc(Cl)cc2Cl)N1. The normalized spacial score (nSPS) is 22.7. The zero-order chi connectivity index (χ0) is 20.4. The lowest BCUT2D eigenvalue weighted by Crippen LogP contribution is -2.48. The molecule has 1 heterocycles. The second kappa shape index (κ2) is 8.90. The Morgan fingerprint density at radius 3 is 2.48 bits per heavy atom.